The molecule has 0 spiro atoms. The van der Waals surface area contributed by atoms with E-state index in [-0.39, 0.29) is 18.0 Å². The molecule has 0 aliphatic rings. The minimum atomic E-state index is -0.622. The molecule has 0 aliphatic heterocycles. The lowest BCUT2D eigenvalue weighted by Crippen LogP contribution is -2.13. The molecule has 102 valence electrons. The van der Waals surface area contributed by atoms with Crippen molar-refractivity contribution >= 4 is 11.6 Å². The van der Waals surface area contributed by atoms with Crippen molar-refractivity contribution in [2.24, 2.45) is 0 Å². The Balaban J connectivity index is 2.16. The minimum Gasteiger partial charge on any atom is -0.384 e. The summed E-state index contributed by atoms with van der Waals surface area (Å²) in [6, 6.07) is 5.55. The van der Waals surface area contributed by atoms with E-state index in [9.17, 15) is 9.18 Å². The second-order valence-electron chi connectivity index (χ2n) is 3.93. The lowest BCUT2D eigenvalue weighted by molar-refractivity contribution is 0.101. The van der Waals surface area contributed by atoms with E-state index in [0.717, 1.165) is 0 Å². The Hall–Kier alpha value is -2.65. The molecule has 6 heteroatoms. The van der Waals surface area contributed by atoms with Crippen LogP contribution >= 0.6 is 0 Å². The van der Waals surface area contributed by atoms with Gasteiger partial charge in [0.15, 0.2) is 5.69 Å². The molecule has 2 aromatic rings. The maximum absolute atomic E-state index is 13.8. The zero-order chi connectivity index (χ0) is 14.5. The van der Waals surface area contributed by atoms with Gasteiger partial charge in [0.25, 0.3) is 5.91 Å². The van der Waals surface area contributed by atoms with Crippen LogP contribution in [-0.4, -0.2) is 22.8 Å². The van der Waals surface area contributed by atoms with Crippen LogP contribution in [0.4, 0.5) is 10.1 Å². The zero-order valence-corrected chi connectivity index (χ0v) is 10.6. The molecule has 0 unspecified atom stereocenters. The van der Waals surface area contributed by atoms with Crippen molar-refractivity contribution < 1.29 is 18.8 Å². The fourth-order valence-corrected chi connectivity index (χ4v) is 1.50. The summed E-state index contributed by atoms with van der Waals surface area (Å²) in [5, 5.41) is 14.5. The summed E-state index contributed by atoms with van der Waals surface area (Å²) >= 11 is 0. The SMILES string of the molecule is Cc1cc(C(=O)Nc2ccc(C#CCO)cc2F)no1. The summed E-state index contributed by atoms with van der Waals surface area (Å²) in [5.74, 6) is 4.29. The molecule has 0 fully saturated rings. The first-order chi connectivity index (χ1) is 9.60. The molecule has 20 heavy (non-hydrogen) atoms. The smallest absolute Gasteiger partial charge is 0.277 e. The first-order valence-corrected chi connectivity index (χ1v) is 5.74. The normalized spacial score (nSPS) is 9.75. The summed E-state index contributed by atoms with van der Waals surface area (Å²) in [5.41, 5.74) is 0.503. The number of aliphatic hydroxyl groups excluding tert-OH is 1. The molecule has 2 N–H and O–H groups in total. The Morgan fingerprint density at radius 2 is 2.30 bits per heavy atom. The van der Waals surface area contributed by atoms with Gasteiger partial charge in [0.2, 0.25) is 0 Å². The fraction of sp³-hybridized carbons (Fsp3) is 0.143. The van der Waals surface area contributed by atoms with E-state index in [1.165, 1.54) is 24.3 Å². The molecule has 1 aromatic carbocycles. The molecule has 1 heterocycles. The predicted octanol–water partition coefficient (Wildman–Crippen LogP) is 1.72. The highest BCUT2D eigenvalue weighted by Gasteiger charge is 2.13. The van der Waals surface area contributed by atoms with Gasteiger partial charge in [-0.2, -0.15) is 0 Å². The third-order valence-corrected chi connectivity index (χ3v) is 2.39. The Morgan fingerprint density at radius 3 is 2.90 bits per heavy atom. The number of hydrogen-bond acceptors (Lipinski definition) is 4. The first-order valence-electron chi connectivity index (χ1n) is 5.74. The van der Waals surface area contributed by atoms with Crippen LogP contribution in [0.15, 0.2) is 28.8 Å². The number of halogens is 1. The van der Waals surface area contributed by atoms with E-state index in [2.05, 4.69) is 22.3 Å². The average Bonchev–Trinajstić information content (AvgIpc) is 2.86. The monoisotopic (exact) mass is 274 g/mol. The summed E-state index contributed by atoms with van der Waals surface area (Å²) < 4.78 is 18.5. The van der Waals surface area contributed by atoms with Crippen molar-refractivity contribution in [2.45, 2.75) is 6.92 Å². The third kappa shape index (κ3) is 3.22. The third-order valence-electron chi connectivity index (χ3n) is 2.39. The molecule has 0 saturated carbocycles. The topological polar surface area (TPSA) is 75.4 Å². The molecular formula is C14H11FN2O3. The fourth-order valence-electron chi connectivity index (χ4n) is 1.50. The Bertz CT molecular complexity index is 698. The maximum atomic E-state index is 13.8. The van der Waals surface area contributed by atoms with Crippen molar-refractivity contribution in [3.05, 3.63) is 47.1 Å². The van der Waals surface area contributed by atoms with E-state index in [1.54, 1.807) is 6.92 Å². The van der Waals surface area contributed by atoms with E-state index in [1.807, 2.05) is 0 Å². The summed E-state index contributed by atoms with van der Waals surface area (Å²) in [6.45, 7) is 1.35. The van der Waals surface area contributed by atoms with Crippen molar-refractivity contribution in [2.75, 3.05) is 11.9 Å². The van der Waals surface area contributed by atoms with Gasteiger partial charge in [0.05, 0.1) is 5.69 Å². The van der Waals surface area contributed by atoms with E-state index in [0.29, 0.717) is 11.3 Å². The number of hydrogen-bond donors (Lipinski definition) is 2. The molecule has 0 atom stereocenters. The number of rotatable bonds is 2. The highest BCUT2D eigenvalue weighted by molar-refractivity contribution is 6.02. The minimum absolute atomic E-state index is 0.0187. The summed E-state index contributed by atoms with van der Waals surface area (Å²) in [6.07, 6.45) is 0. The van der Waals surface area contributed by atoms with Crippen molar-refractivity contribution in [1.82, 2.24) is 5.16 Å². The zero-order valence-electron chi connectivity index (χ0n) is 10.6. The van der Waals surface area contributed by atoms with Gasteiger partial charge in [-0.1, -0.05) is 17.0 Å². The Kier molecular flexibility index (Phi) is 4.13. The quantitative estimate of drug-likeness (QED) is 0.818. The van der Waals surface area contributed by atoms with E-state index in [4.69, 9.17) is 9.63 Å². The van der Waals surface area contributed by atoms with Gasteiger partial charge in [-0.3, -0.25) is 4.79 Å². The molecule has 1 aromatic heterocycles. The van der Waals surface area contributed by atoms with Crippen molar-refractivity contribution in [1.29, 1.82) is 0 Å². The maximum Gasteiger partial charge on any atom is 0.277 e. The van der Waals surface area contributed by atoms with Crippen LogP contribution in [0.3, 0.4) is 0 Å². The molecule has 0 bridgehead atoms. The van der Waals surface area contributed by atoms with Crippen LogP contribution in [-0.2, 0) is 0 Å². The number of nitrogens with zero attached hydrogens (tertiary/aromatic N) is 1. The number of carbonyl (C=O) groups excluding carboxylic acids is 1. The summed E-state index contributed by atoms with van der Waals surface area (Å²) in [7, 11) is 0. The van der Waals surface area contributed by atoms with Crippen molar-refractivity contribution in [3.63, 3.8) is 0 Å². The van der Waals surface area contributed by atoms with Crippen LogP contribution in [0, 0.1) is 24.6 Å². The van der Waals surface area contributed by atoms with Crippen molar-refractivity contribution in [3.8, 4) is 11.8 Å². The van der Waals surface area contributed by atoms with Gasteiger partial charge in [-0.15, -0.1) is 0 Å². The highest BCUT2D eigenvalue weighted by atomic mass is 19.1. The number of carbonyl (C=O) groups is 1. The van der Waals surface area contributed by atoms with Gasteiger partial charge in [0, 0.05) is 11.6 Å². The largest absolute Gasteiger partial charge is 0.384 e. The lowest BCUT2D eigenvalue weighted by atomic mass is 10.2. The molecule has 0 radical (unpaired) electrons. The van der Waals surface area contributed by atoms with Gasteiger partial charge in [-0.25, -0.2) is 4.39 Å². The van der Waals surface area contributed by atoms with E-state index < -0.39 is 11.7 Å². The second kappa shape index (κ2) is 5.99. The number of nitrogens with one attached hydrogen (secondary N) is 1. The van der Waals surface area contributed by atoms with Crippen LogP contribution in [0.5, 0.6) is 0 Å². The molecule has 1 amide bonds. The van der Waals surface area contributed by atoms with E-state index >= 15 is 0 Å². The molecule has 0 aliphatic carbocycles. The summed E-state index contributed by atoms with van der Waals surface area (Å²) in [4.78, 5) is 11.8. The van der Waals surface area contributed by atoms with Crippen LogP contribution in [0.2, 0.25) is 0 Å². The molecule has 5 nitrogen and oxygen atoms in total. The number of benzene rings is 1. The van der Waals surface area contributed by atoms with Crippen LogP contribution in [0.25, 0.3) is 0 Å². The molecular weight excluding hydrogens is 263 g/mol. The van der Waals surface area contributed by atoms with Gasteiger partial charge in [0.1, 0.15) is 18.2 Å². The second-order valence-corrected chi connectivity index (χ2v) is 3.93. The van der Waals surface area contributed by atoms with Gasteiger partial charge < -0.3 is 14.9 Å². The lowest BCUT2D eigenvalue weighted by Gasteiger charge is -2.04. The number of aliphatic hydroxyl groups is 1. The van der Waals surface area contributed by atoms with Gasteiger partial charge >= 0.3 is 0 Å². The average molecular weight is 274 g/mol. The Morgan fingerprint density at radius 1 is 1.50 bits per heavy atom. The number of amides is 1. The highest BCUT2D eigenvalue weighted by Crippen LogP contribution is 2.16. The molecule has 0 saturated heterocycles. The Labute approximate surface area is 114 Å². The first kappa shape index (κ1) is 13.8. The standard InChI is InChI=1S/C14H11FN2O3/c1-9-7-13(17-20-9)14(19)16-12-5-4-10(3-2-6-18)8-11(12)15/h4-5,7-8,18H,6H2,1H3,(H,16,19). The van der Waals surface area contributed by atoms with Crippen LogP contribution < -0.4 is 5.32 Å². The van der Waals surface area contributed by atoms with Gasteiger partial charge in [-0.05, 0) is 25.1 Å². The number of anilines is 1. The number of aromatic nitrogens is 1. The molecule has 2 rings (SSSR count). The number of aryl methyl sites for hydroxylation is 1. The van der Waals surface area contributed by atoms with Crippen LogP contribution in [0.1, 0.15) is 21.8 Å². The predicted molar refractivity (Wildman–Crippen MR) is 69.6 cm³/mol.